The van der Waals surface area contributed by atoms with Crippen molar-refractivity contribution in [2.24, 2.45) is 5.92 Å². The Labute approximate surface area is 123 Å². The first kappa shape index (κ1) is 17.4. The minimum absolute atomic E-state index is 0.182. The summed E-state index contributed by atoms with van der Waals surface area (Å²) in [5, 5.41) is 3.31. The molecule has 0 aromatic carbocycles. The third kappa shape index (κ3) is 5.80. The zero-order valence-corrected chi connectivity index (χ0v) is 13.5. The maximum atomic E-state index is 12.1. The number of ether oxygens (including phenoxy) is 2. The quantitative estimate of drug-likeness (QED) is 0.523. The molecule has 0 spiro atoms. The molecule has 4 heteroatoms. The SMILES string of the molecule is CCOC(=O)C(C)(CCOCC1CCCC1)NC(C)C. The van der Waals surface area contributed by atoms with Gasteiger partial charge in [-0.05, 0) is 52.9 Å². The predicted molar refractivity (Wildman–Crippen MR) is 80.7 cm³/mol. The van der Waals surface area contributed by atoms with E-state index in [1.807, 2.05) is 27.7 Å². The number of rotatable bonds is 9. The molecule has 1 fully saturated rings. The molecule has 1 unspecified atom stereocenters. The van der Waals surface area contributed by atoms with E-state index in [-0.39, 0.29) is 12.0 Å². The largest absolute Gasteiger partial charge is 0.465 e. The Morgan fingerprint density at radius 2 is 2.00 bits per heavy atom. The second-order valence-electron chi connectivity index (χ2n) is 6.33. The van der Waals surface area contributed by atoms with Crippen LogP contribution in [0.25, 0.3) is 0 Å². The van der Waals surface area contributed by atoms with Gasteiger partial charge in [-0.1, -0.05) is 12.8 Å². The van der Waals surface area contributed by atoms with Crippen LogP contribution in [0.3, 0.4) is 0 Å². The molecule has 0 aliphatic heterocycles. The van der Waals surface area contributed by atoms with Crippen LogP contribution in [0.2, 0.25) is 0 Å². The van der Waals surface area contributed by atoms with Crippen molar-refractivity contribution in [1.82, 2.24) is 5.32 Å². The van der Waals surface area contributed by atoms with Crippen molar-refractivity contribution in [1.29, 1.82) is 0 Å². The van der Waals surface area contributed by atoms with Crippen molar-refractivity contribution in [3.63, 3.8) is 0 Å². The molecule has 0 radical (unpaired) electrons. The zero-order chi connectivity index (χ0) is 15.0. The Kier molecular flexibility index (Phi) is 7.52. The molecule has 1 N–H and O–H groups in total. The molecular formula is C16H31NO3. The smallest absolute Gasteiger partial charge is 0.326 e. The average molecular weight is 285 g/mol. The molecule has 0 aromatic heterocycles. The lowest BCUT2D eigenvalue weighted by atomic mass is 9.97. The zero-order valence-electron chi connectivity index (χ0n) is 13.5. The van der Waals surface area contributed by atoms with Gasteiger partial charge in [0, 0.05) is 19.3 Å². The molecular weight excluding hydrogens is 254 g/mol. The summed E-state index contributed by atoms with van der Waals surface area (Å²) in [5.74, 6) is 0.542. The van der Waals surface area contributed by atoms with Crippen molar-refractivity contribution < 1.29 is 14.3 Å². The molecule has 0 saturated heterocycles. The van der Waals surface area contributed by atoms with E-state index >= 15 is 0 Å². The normalized spacial score (nSPS) is 19.2. The van der Waals surface area contributed by atoms with Crippen LogP contribution in [-0.4, -0.2) is 37.4 Å². The van der Waals surface area contributed by atoms with Gasteiger partial charge >= 0.3 is 5.97 Å². The van der Waals surface area contributed by atoms with Crippen LogP contribution in [0.15, 0.2) is 0 Å². The first-order valence-corrected chi connectivity index (χ1v) is 8.00. The van der Waals surface area contributed by atoms with E-state index in [1.54, 1.807) is 0 Å². The van der Waals surface area contributed by atoms with Crippen molar-refractivity contribution in [2.75, 3.05) is 19.8 Å². The highest BCUT2D eigenvalue weighted by Gasteiger charge is 2.34. The average Bonchev–Trinajstić information content (AvgIpc) is 2.87. The van der Waals surface area contributed by atoms with E-state index in [1.165, 1.54) is 25.7 Å². The Morgan fingerprint density at radius 1 is 1.35 bits per heavy atom. The van der Waals surface area contributed by atoms with Gasteiger partial charge in [0.05, 0.1) is 6.61 Å². The fraction of sp³-hybridized carbons (Fsp3) is 0.938. The van der Waals surface area contributed by atoms with E-state index in [4.69, 9.17) is 9.47 Å². The Hall–Kier alpha value is -0.610. The molecule has 0 heterocycles. The summed E-state index contributed by atoms with van der Waals surface area (Å²) in [6.07, 6.45) is 5.91. The number of carbonyl (C=O) groups excluding carboxylic acids is 1. The van der Waals surface area contributed by atoms with Crippen LogP contribution in [0.5, 0.6) is 0 Å². The third-order valence-corrected chi connectivity index (χ3v) is 3.91. The molecule has 1 atom stereocenters. The highest BCUT2D eigenvalue weighted by Crippen LogP contribution is 2.25. The topological polar surface area (TPSA) is 47.6 Å². The van der Waals surface area contributed by atoms with Crippen LogP contribution < -0.4 is 5.32 Å². The second-order valence-corrected chi connectivity index (χ2v) is 6.33. The summed E-state index contributed by atoms with van der Waals surface area (Å²) in [5.41, 5.74) is -0.653. The molecule has 1 saturated carbocycles. The lowest BCUT2D eigenvalue weighted by molar-refractivity contribution is -0.151. The van der Waals surface area contributed by atoms with Crippen LogP contribution in [-0.2, 0) is 14.3 Å². The summed E-state index contributed by atoms with van der Waals surface area (Å²) in [4.78, 5) is 12.1. The van der Waals surface area contributed by atoms with E-state index in [9.17, 15) is 4.79 Å². The van der Waals surface area contributed by atoms with Crippen molar-refractivity contribution >= 4 is 5.97 Å². The van der Waals surface area contributed by atoms with Crippen LogP contribution in [0.4, 0.5) is 0 Å². The van der Waals surface area contributed by atoms with Crippen molar-refractivity contribution in [3.8, 4) is 0 Å². The van der Waals surface area contributed by atoms with Gasteiger partial charge in [-0.25, -0.2) is 0 Å². The molecule has 0 bridgehead atoms. The molecule has 1 rings (SSSR count). The summed E-state index contributed by atoms with van der Waals surface area (Å²) in [6.45, 7) is 9.67. The van der Waals surface area contributed by atoms with E-state index in [0.29, 0.717) is 19.6 Å². The van der Waals surface area contributed by atoms with Gasteiger partial charge in [0.25, 0.3) is 0 Å². The number of hydrogen-bond donors (Lipinski definition) is 1. The maximum absolute atomic E-state index is 12.1. The standard InChI is InChI=1S/C16H31NO3/c1-5-20-15(18)16(4,17-13(2)3)10-11-19-12-14-8-6-7-9-14/h13-14,17H,5-12H2,1-4H3. The molecule has 4 nitrogen and oxygen atoms in total. The molecule has 20 heavy (non-hydrogen) atoms. The van der Waals surface area contributed by atoms with Crippen molar-refractivity contribution in [3.05, 3.63) is 0 Å². The Morgan fingerprint density at radius 3 is 2.55 bits per heavy atom. The number of hydrogen-bond acceptors (Lipinski definition) is 4. The lowest BCUT2D eigenvalue weighted by Gasteiger charge is -2.30. The maximum Gasteiger partial charge on any atom is 0.326 e. The van der Waals surface area contributed by atoms with Gasteiger partial charge < -0.3 is 9.47 Å². The fourth-order valence-corrected chi connectivity index (χ4v) is 2.86. The first-order valence-electron chi connectivity index (χ1n) is 8.00. The summed E-state index contributed by atoms with van der Waals surface area (Å²) >= 11 is 0. The van der Waals surface area contributed by atoms with Gasteiger partial charge in [0.2, 0.25) is 0 Å². The highest BCUT2D eigenvalue weighted by molar-refractivity contribution is 5.80. The Balaban J connectivity index is 2.36. The van der Waals surface area contributed by atoms with Gasteiger partial charge in [-0.2, -0.15) is 0 Å². The molecule has 0 aromatic rings. The molecule has 1 aliphatic rings. The van der Waals surface area contributed by atoms with Crippen LogP contribution in [0, 0.1) is 5.92 Å². The molecule has 118 valence electrons. The fourth-order valence-electron chi connectivity index (χ4n) is 2.86. The summed E-state index contributed by atoms with van der Waals surface area (Å²) < 4.78 is 11.0. The van der Waals surface area contributed by atoms with Gasteiger partial charge in [-0.15, -0.1) is 0 Å². The number of esters is 1. The highest BCUT2D eigenvalue weighted by atomic mass is 16.5. The van der Waals surface area contributed by atoms with E-state index in [2.05, 4.69) is 5.32 Å². The van der Waals surface area contributed by atoms with Crippen LogP contribution in [0.1, 0.15) is 59.8 Å². The van der Waals surface area contributed by atoms with Gasteiger partial charge in [0.15, 0.2) is 0 Å². The Bertz CT molecular complexity index is 287. The van der Waals surface area contributed by atoms with Crippen LogP contribution >= 0.6 is 0 Å². The van der Waals surface area contributed by atoms with Gasteiger partial charge in [0.1, 0.15) is 5.54 Å². The van der Waals surface area contributed by atoms with E-state index < -0.39 is 5.54 Å². The van der Waals surface area contributed by atoms with E-state index in [0.717, 1.165) is 12.5 Å². The second kappa shape index (κ2) is 8.63. The number of nitrogens with one attached hydrogen (secondary N) is 1. The third-order valence-electron chi connectivity index (χ3n) is 3.91. The lowest BCUT2D eigenvalue weighted by Crippen LogP contribution is -2.53. The molecule has 0 amide bonds. The molecule has 1 aliphatic carbocycles. The minimum atomic E-state index is -0.653. The van der Waals surface area contributed by atoms with Gasteiger partial charge in [-0.3, -0.25) is 10.1 Å². The minimum Gasteiger partial charge on any atom is -0.465 e. The monoisotopic (exact) mass is 285 g/mol. The predicted octanol–water partition coefficient (Wildman–Crippen LogP) is 2.90. The number of carbonyl (C=O) groups is 1. The summed E-state index contributed by atoms with van der Waals surface area (Å²) in [7, 11) is 0. The van der Waals surface area contributed by atoms with Crippen molar-refractivity contribution in [2.45, 2.75) is 71.4 Å². The summed E-state index contributed by atoms with van der Waals surface area (Å²) in [6, 6.07) is 0.235. The first-order chi connectivity index (χ1) is 9.48.